The molecule has 0 spiro atoms. The molecule has 15 heavy (non-hydrogen) atoms. The van der Waals surface area contributed by atoms with Crippen molar-refractivity contribution in [3.05, 3.63) is 0 Å². The van der Waals surface area contributed by atoms with E-state index in [-0.39, 0.29) is 18.4 Å². The lowest BCUT2D eigenvalue weighted by atomic mass is 10.4. The number of likely N-dealkylation sites (N-methyl/N-ethyl adjacent to an activating group) is 1. The van der Waals surface area contributed by atoms with Gasteiger partial charge in [0.05, 0.1) is 13.2 Å². The smallest absolute Gasteiger partial charge is 0.239 e. The maximum absolute atomic E-state index is 11.3. The van der Waals surface area contributed by atoms with Gasteiger partial charge >= 0.3 is 0 Å². The van der Waals surface area contributed by atoms with Crippen LogP contribution in [0.5, 0.6) is 0 Å². The summed E-state index contributed by atoms with van der Waals surface area (Å²) in [6.45, 7) is 1.04. The zero-order valence-corrected chi connectivity index (χ0v) is 10.7. The maximum atomic E-state index is 11.3. The zero-order valence-electron chi connectivity index (χ0n) is 9.09. The molecule has 5 nitrogen and oxygen atoms in total. The van der Waals surface area contributed by atoms with Crippen molar-refractivity contribution >= 4 is 27.7 Å². The van der Waals surface area contributed by atoms with Gasteiger partial charge in [0.2, 0.25) is 11.8 Å². The third-order valence-electron chi connectivity index (χ3n) is 1.74. The molecular formula is C9H17BrN2O3. The fourth-order valence-corrected chi connectivity index (χ4v) is 1.26. The summed E-state index contributed by atoms with van der Waals surface area (Å²) >= 11 is 3.17. The average Bonchev–Trinajstić information content (AvgIpc) is 2.18. The third-order valence-corrected chi connectivity index (χ3v) is 2.14. The summed E-state index contributed by atoms with van der Waals surface area (Å²) < 4.78 is 4.78. The van der Waals surface area contributed by atoms with Crippen molar-refractivity contribution in [3.63, 3.8) is 0 Å². The van der Waals surface area contributed by atoms with Gasteiger partial charge in [0.15, 0.2) is 0 Å². The fourth-order valence-electron chi connectivity index (χ4n) is 0.924. The van der Waals surface area contributed by atoms with Crippen LogP contribution in [0.15, 0.2) is 0 Å². The summed E-state index contributed by atoms with van der Waals surface area (Å²) in [7, 11) is 3.18. The second-order valence-corrected chi connectivity index (χ2v) is 3.82. The Bertz CT molecular complexity index is 212. The van der Waals surface area contributed by atoms with Gasteiger partial charge in [0.25, 0.3) is 0 Å². The third kappa shape index (κ3) is 7.33. The van der Waals surface area contributed by atoms with Gasteiger partial charge in [-0.25, -0.2) is 0 Å². The number of carbonyl (C=O) groups excluding carboxylic acids is 2. The summed E-state index contributed by atoms with van der Waals surface area (Å²) in [6, 6.07) is 0. The largest absolute Gasteiger partial charge is 0.383 e. The summed E-state index contributed by atoms with van der Waals surface area (Å²) in [5, 5.41) is 3.25. The number of rotatable bonds is 7. The van der Waals surface area contributed by atoms with Gasteiger partial charge in [-0.2, -0.15) is 0 Å². The van der Waals surface area contributed by atoms with Gasteiger partial charge in [0, 0.05) is 32.5 Å². The van der Waals surface area contributed by atoms with E-state index in [4.69, 9.17) is 4.74 Å². The van der Waals surface area contributed by atoms with Gasteiger partial charge < -0.3 is 15.0 Å². The molecule has 1 N–H and O–H groups in total. The Hall–Kier alpha value is -0.620. The Morgan fingerprint density at radius 3 is 2.67 bits per heavy atom. The number of nitrogens with zero attached hydrogens (tertiary/aromatic N) is 1. The van der Waals surface area contributed by atoms with E-state index in [1.807, 2.05) is 0 Å². The monoisotopic (exact) mass is 280 g/mol. The van der Waals surface area contributed by atoms with Crippen LogP contribution in [-0.2, 0) is 14.3 Å². The number of amides is 2. The number of nitrogens with one attached hydrogen (secondary N) is 1. The first-order chi connectivity index (χ1) is 7.11. The van der Waals surface area contributed by atoms with Crippen molar-refractivity contribution in [1.82, 2.24) is 10.2 Å². The molecule has 0 bridgehead atoms. The van der Waals surface area contributed by atoms with Gasteiger partial charge in [-0.3, -0.25) is 9.59 Å². The zero-order chi connectivity index (χ0) is 11.7. The van der Waals surface area contributed by atoms with Crippen molar-refractivity contribution in [2.75, 3.05) is 39.2 Å². The molecular weight excluding hydrogens is 264 g/mol. The van der Waals surface area contributed by atoms with E-state index in [1.165, 1.54) is 4.90 Å². The van der Waals surface area contributed by atoms with E-state index >= 15 is 0 Å². The summed E-state index contributed by atoms with van der Waals surface area (Å²) in [5.74, 6) is -0.216. The SMILES string of the molecule is COCCNC(=O)CN(C)C(=O)CCBr. The number of hydrogen-bond donors (Lipinski definition) is 1. The summed E-state index contributed by atoms with van der Waals surface area (Å²) in [6.07, 6.45) is 0.405. The first-order valence-electron chi connectivity index (χ1n) is 4.67. The topological polar surface area (TPSA) is 58.6 Å². The molecule has 0 fully saturated rings. The molecule has 0 aromatic carbocycles. The highest BCUT2D eigenvalue weighted by Crippen LogP contribution is 1.94. The summed E-state index contributed by atoms with van der Waals surface area (Å²) in [4.78, 5) is 24.0. The second-order valence-electron chi connectivity index (χ2n) is 3.03. The average molecular weight is 281 g/mol. The molecule has 0 rings (SSSR count). The van der Waals surface area contributed by atoms with Crippen LogP contribution in [0.1, 0.15) is 6.42 Å². The van der Waals surface area contributed by atoms with Crippen molar-refractivity contribution in [2.24, 2.45) is 0 Å². The van der Waals surface area contributed by atoms with Crippen LogP contribution in [-0.4, -0.2) is 55.9 Å². The van der Waals surface area contributed by atoms with Crippen molar-refractivity contribution < 1.29 is 14.3 Å². The highest BCUT2D eigenvalue weighted by atomic mass is 79.9. The predicted molar refractivity (Wildman–Crippen MR) is 60.9 cm³/mol. The summed E-state index contributed by atoms with van der Waals surface area (Å²) in [5.41, 5.74) is 0. The van der Waals surface area contributed by atoms with E-state index in [1.54, 1.807) is 14.2 Å². The minimum absolute atomic E-state index is 0.0474. The second kappa shape index (κ2) is 8.67. The van der Waals surface area contributed by atoms with E-state index in [0.29, 0.717) is 24.9 Å². The quantitative estimate of drug-likeness (QED) is 0.527. The Kier molecular flexibility index (Phi) is 8.31. The number of hydrogen-bond acceptors (Lipinski definition) is 3. The van der Waals surface area contributed by atoms with Crippen molar-refractivity contribution in [3.8, 4) is 0 Å². The predicted octanol–water partition coefficient (Wildman–Crippen LogP) is -0.00760. The molecule has 0 aromatic rings. The molecule has 0 saturated heterocycles. The Morgan fingerprint density at radius 2 is 2.13 bits per heavy atom. The maximum Gasteiger partial charge on any atom is 0.239 e. The number of alkyl halides is 1. The number of halogens is 1. The molecule has 88 valence electrons. The lowest BCUT2D eigenvalue weighted by Crippen LogP contribution is -2.39. The number of ether oxygens (including phenoxy) is 1. The van der Waals surface area contributed by atoms with E-state index in [2.05, 4.69) is 21.2 Å². The molecule has 0 atom stereocenters. The highest BCUT2D eigenvalue weighted by Gasteiger charge is 2.11. The Morgan fingerprint density at radius 1 is 1.47 bits per heavy atom. The molecule has 0 radical (unpaired) electrons. The lowest BCUT2D eigenvalue weighted by Gasteiger charge is -2.15. The molecule has 0 aliphatic heterocycles. The van der Waals surface area contributed by atoms with Crippen LogP contribution in [0.25, 0.3) is 0 Å². The molecule has 0 aliphatic carbocycles. The molecule has 0 aromatic heterocycles. The van der Waals surface area contributed by atoms with Crippen LogP contribution >= 0.6 is 15.9 Å². The first-order valence-corrected chi connectivity index (χ1v) is 5.79. The molecule has 0 saturated carbocycles. The Balaban J connectivity index is 3.70. The normalized spacial score (nSPS) is 9.80. The van der Waals surface area contributed by atoms with Gasteiger partial charge in [-0.15, -0.1) is 0 Å². The van der Waals surface area contributed by atoms with Crippen LogP contribution in [0.3, 0.4) is 0 Å². The fraction of sp³-hybridized carbons (Fsp3) is 0.778. The van der Waals surface area contributed by atoms with Gasteiger partial charge in [-0.1, -0.05) is 15.9 Å². The van der Waals surface area contributed by atoms with Crippen LogP contribution in [0.4, 0.5) is 0 Å². The van der Waals surface area contributed by atoms with E-state index in [0.717, 1.165) is 0 Å². The standard InChI is InChI=1S/C9H17BrN2O3/c1-12(9(14)3-4-10)7-8(13)11-5-6-15-2/h3-7H2,1-2H3,(H,11,13). The molecule has 6 heteroatoms. The number of carbonyl (C=O) groups is 2. The van der Waals surface area contributed by atoms with Crippen molar-refractivity contribution in [1.29, 1.82) is 0 Å². The van der Waals surface area contributed by atoms with Crippen molar-refractivity contribution in [2.45, 2.75) is 6.42 Å². The van der Waals surface area contributed by atoms with Crippen LogP contribution in [0.2, 0.25) is 0 Å². The van der Waals surface area contributed by atoms with E-state index in [9.17, 15) is 9.59 Å². The minimum Gasteiger partial charge on any atom is -0.383 e. The number of methoxy groups -OCH3 is 1. The van der Waals surface area contributed by atoms with Gasteiger partial charge in [-0.05, 0) is 0 Å². The van der Waals surface area contributed by atoms with Gasteiger partial charge in [0.1, 0.15) is 0 Å². The Labute approximate surface area is 98.3 Å². The first kappa shape index (κ1) is 14.4. The molecule has 0 heterocycles. The van der Waals surface area contributed by atoms with Crippen LogP contribution < -0.4 is 5.32 Å². The van der Waals surface area contributed by atoms with E-state index < -0.39 is 0 Å². The molecule has 2 amide bonds. The highest BCUT2D eigenvalue weighted by molar-refractivity contribution is 9.09. The molecule has 0 unspecified atom stereocenters. The lowest BCUT2D eigenvalue weighted by molar-refractivity contribution is -0.134. The minimum atomic E-state index is -0.169. The molecule has 0 aliphatic rings. The van der Waals surface area contributed by atoms with Crippen LogP contribution in [0, 0.1) is 0 Å².